The molecule has 0 saturated heterocycles. The lowest BCUT2D eigenvalue weighted by Crippen LogP contribution is -2.06. The van der Waals surface area contributed by atoms with Crippen molar-refractivity contribution in [3.8, 4) is 0 Å². The Morgan fingerprint density at radius 3 is 2.47 bits per heavy atom. The maximum Gasteiger partial charge on any atom is 0.193 e. The molecule has 98 valence electrons. The molecule has 0 N–H and O–H groups in total. The summed E-state index contributed by atoms with van der Waals surface area (Å²) in [6.07, 6.45) is 0.946. The first-order chi connectivity index (χ1) is 9.02. The highest BCUT2D eigenvalue weighted by Gasteiger charge is 2.14. The van der Waals surface area contributed by atoms with E-state index in [-0.39, 0.29) is 11.6 Å². The molecule has 19 heavy (non-hydrogen) atoms. The smallest absolute Gasteiger partial charge is 0.193 e. The zero-order chi connectivity index (χ0) is 14.0. The zero-order valence-corrected chi connectivity index (χ0v) is 11.5. The Kier molecular flexibility index (Phi) is 3.79. The Morgan fingerprint density at radius 2 is 1.84 bits per heavy atom. The maximum atomic E-state index is 13.2. The first-order valence-electron chi connectivity index (χ1n) is 6.43. The van der Waals surface area contributed by atoms with Gasteiger partial charge in [0.25, 0.3) is 0 Å². The molecule has 0 atom stereocenters. The molecule has 0 aliphatic rings. The summed E-state index contributed by atoms with van der Waals surface area (Å²) >= 11 is 0. The standard InChI is InChI=1S/C17H17FO/c1-4-13-8-12(3)16(9-11(13)2)17(19)14-6-5-7-15(18)10-14/h5-10H,4H2,1-3H3. The molecule has 0 fully saturated rings. The number of aryl methyl sites for hydroxylation is 3. The molecule has 0 aliphatic heterocycles. The van der Waals surface area contributed by atoms with Crippen LogP contribution in [-0.2, 0) is 6.42 Å². The monoisotopic (exact) mass is 256 g/mol. The van der Waals surface area contributed by atoms with E-state index in [4.69, 9.17) is 0 Å². The fraction of sp³-hybridized carbons (Fsp3) is 0.235. The second kappa shape index (κ2) is 5.35. The molecular formula is C17H17FO. The molecule has 2 rings (SSSR count). The summed E-state index contributed by atoms with van der Waals surface area (Å²) in [6.45, 7) is 6.02. The number of ketones is 1. The summed E-state index contributed by atoms with van der Waals surface area (Å²) < 4.78 is 13.2. The number of carbonyl (C=O) groups excluding carboxylic acids is 1. The van der Waals surface area contributed by atoms with Crippen LogP contribution in [0.4, 0.5) is 4.39 Å². The number of hydrogen-bond acceptors (Lipinski definition) is 1. The minimum atomic E-state index is -0.384. The van der Waals surface area contributed by atoms with Crippen molar-refractivity contribution < 1.29 is 9.18 Å². The molecule has 0 aliphatic carbocycles. The summed E-state index contributed by atoms with van der Waals surface area (Å²) in [5.41, 5.74) is 4.34. The van der Waals surface area contributed by atoms with Gasteiger partial charge in [-0.25, -0.2) is 4.39 Å². The molecule has 0 saturated carbocycles. The van der Waals surface area contributed by atoms with Gasteiger partial charge in [-0.2, -0.15) is 0 Å². The average Bonchev–Trinajstić information content (AvgIpc) is 2.40. The SMILES string of the molecule is CCc1cc(C)c(C(=O)c2cccc(F)c2)cc1C. The second-order valence-corrected chi connectivity index (χ2v) is 4.79. The van der Waals surface area contributed by atoms with Crippen LogP contribution in [0.25, 0.3) is 0 Å². The number of hydrogen-bond donors (Lipinski definition) is 0. The number of benzene rings is 2. The third-order valence-electron chi connectivity index (χ3n) is 3.40. The molecule has 0 amide bonds. The van der Waals surface area contributed by atoms with Crippen LogP contribution in [0.5, 0.6) is 0 Å². The molecule has 2 aromatic rings. The van der Waals surface area contributed by atoms with Gasteiger partial charge in [0.05, 0.1) is 0 Å². The highest BCUT2D eigenvalue weighted by molar-refractivity contribution is 6.10. The van der Waals surface area contributed by atoms with Crippen LogP contribution in [0.3, 0.4) is 0 Å². The van der Waals surface area contributed by atoms with E-state index in [1.807, 2.05) is 26.0 Å². The van der Waals surface area contributed by atoms with Crippen molar-refractivity contribution >= 4 is 5.78 Å². The molecule has 0 unspecified atom stereocenters. The van der Waals surface area contributed by atoms with Crippen LogP contribution >= 0.6 is 0 Å². The van der Waals surface area contributed by atoms with Crippen molar-refractivity contribution in [1.29, 1.82) is 0 Å². The van der Waals surface area contributed by atoms with Crippen molar-refractivity contribution in [2.24, 2.45) is 0 Å². The normalized spacial score (nSPS) is 10.5. The van der Waals surface area contributed by atoms with Crippen molar-refractivity contribution in [1.82, 2.24) is 0 Å². The zero-order valence-electron chi connectivity index (χ0n) is 11.5. The lowest BCUT2D eigenvalue weighted by atomic mass is 9.93. The first kappa shape index (κ1) is 13.5. The molecule has 2 aromatic carbocycles. The van der Waals surface area contributed by atoms with Gasteiger partial charge in [-0.05, 0) is 55.2 Å². The minimum Gasteiger partial charge on any atom is -0.289 e. The van der Waals surface area contributed by atoms with Crippen LogP contribution in [0.15, 0.2) is 36.4 Å². The predicted molar refractivity (Wildman–Crippen MR) is 75.1 cm³/mol. The van der Waals surface area contributed by atoms with Crippen LogP contribution < -0.4 is 0 Å². The van der Waals surface area contributed by atoms with Gasteiger partial charge < -0.3 is 0 Å². The highest BCUT2D eigenvalue weighted by Crippen LogP contribution is 2.20. The van der Waals surface area contributed by atoms with Gasteiger partial charge in [-0.3, -0.25) is 4.79 Å². The molecular weight excluding hydrogens is 239 g/mol. The third kappa shape index (κ3) is 2.73. The average molecular weight is 256 g/mol. The Hall–Kier alpha value is -1.96. The topological polar surface area (TPSA) is 17.1 Å². The Bertz CT molecular complexity index is 629. The van der Waals surface area contributed by atoms with Gasteiger partial charge in [0.1, 0.15) is 5.82 Å². The number of carbonyl (C=O) groups is 1. The molecule has 0 aromatic heterocycles. The summed E-state index contributed by atoms with van der Waals surface area (Å²) in [4.78, 5) is 12.4. The van der Waals surface area contributed by atoms with Crippen LogP contribution in [0, 0.1) is 19.7 Å². The molecule has 1 nitrogen and oxygen atoms in total. The van der Waals surface area contributed by atoms with Crippen LogP contribution in [0.2, 0.25) is 0 Å². The summed E-state index contributed by atoms with van der Waals surface area (Å²) in [7, 11) is 0. The van der Waals surface area contributed by atoms with E-state index in [1.165, 1.54) is 17.7 Å². The Morgan fingerprint density at radius 1 is 1.11 bits per heavy atom. The fourth-order valence-corrected chi connectivity index (χ4v) is 2.29. The van der Waals surface area contributed by atoms with Crippen molar-refractivity contribution in [2.45, 2.75) is 27.2 Å². The van der Waals surface area contributed by atoms with Crippen LogP contribution in [0.1, 0.15) is 39.5 Å². The fourth-order valence-electron chi connectivity index (χ4n) is 2.29. The van der Waals surface area contributed by atoms with E-state index >= 15 is 0 Å². The van der Waals surface area contributed by atoms with E-state index in [9.17, 15) is 9.18 Å². The molecule has 0 radical (unpaired) electrons. The van der Waals surface area contributed by atoms with Gasteiger partial charge in [-0.15, -0.1) is 0 Å². The largest absolute Gasteiger partial charge is 0.289 e. The lowest BCUT2D eigenvalue weighted by molar-refractivity contribution is 0.103. The molecule has 0 bridgehead atoms. The van der Waals surface area contributed by atoms with Crippen molar-refractivity contribution in [3.05, 3.63) is 70.0 Å². The van der Waals surface area contributed by atoms with Gasteiger partial charge in [0, 0.05) is 11.1 Å². The van der Waals surface area contributed by atoms with Gasteiger partial charge in [-0.1, -0.05) is 25.1 Å². The molecule has 2 heteroatoms. The second-order valence-electron chi connectivity index (χ2n) is 4.79. The van der Waals surface area contributed by atoms with Gasteiger partial charge in [0.15, 0.2) is 5.78 Å². The van der Waals surface area contributed by atoms with Crippen molar-refractivity contribution in [2.75, 3.05) is 0 Å². The number of halogens is 1. The maximum absolute atomic E-state index is 13.2. The van der Waals surface area contributed by atoms with E-state index < -0.39 is 0 Å². The minimum absolute atomic E-state index is 0.122. The highest BCUT2D eigenvalue weighted by atomic mass is 19.1. The van der Waals surface area contributed by atoms with Gasteiger partial charge in [0.2, 0.25) is 0 Å². The molecule has 0 spiro atoms. The third-order valence-corrected chi connectivity index (χ3v) is 3.40. The van der Waals surface area contributed by atoms with Gasteiger partial charge >= 0.3 is 0 Å². The lowest BCUT2D eigenvalue weighted by Gasteiger charge is -2.10. The Balaban J connectivity index is 2.47. The summed E-state index contributed by atoms with van der Waals surface area (Å²) in [5, 5.41) is 0. The van der Waals surface area contributed by atoms with E-state index in [0.29, 0.717) is 11.1 Å². The summed E-state index contributed by atoms with van der Waals surface area (Å²) in [5.74, 6) is -0.506. The predicted octanol–water partition coefficient (Wildman–Crippen LogP) is 4.24. The Labute approximate surface area is 113 Å². The van der Waals surface area contributed by atoms with Crippen molar-refractivity contribution in [3.63, 3.8) is 0 Å². The summed E-state index contributed by atoms with van der Waals surface area (Å²) in [6, 6.07) is 9.78. The number of rotatable bonds is 3. The molecule has 0 heterocycles. The van der Waals surface area contributed by atoms with E-state index in [2.05, 4.69) is 6.92 Å². The first-order valence-corrected chi connectivity index (χ1v) is 6.43. The van der Waals surface area contributed by atoms with Crippen LogP contribution in [-0.4, -0.2) is 5.78 Å². The quantitative estimate of drug-likeness (QED) is 0.751. The van der Waals surface area contributed by atoms with E-state index in [1.54, 1.807) is 12.1 Å². The van der Waals surface area contributed by atoms with E-state index in [0.717, 1.165) is 17.5 Å².